The van der Waals surface area contributed by atoms with Gasteiger partial charge in [0.1, 0.15) is 0 Å². The topological polar surface area (TPSA) is 68.0 Å². The maximum Gasteiger partial charge on any atom is 0.230 e. The average molecular weight is 261 g/mol. The van der Waals surface area contributed by atoms with Gasteiger partial charge in [-0.25, -0.2) is 4.98 Å². The monoisotopic (exact) mass is 261 g/mol. The van der Waals surface area contributed by atoms with Crippen LogP contribution in [0.4, 0.5) is 5.13 Å². The molecule has 3 N–H and O–H groups in total. The fraction of sp³-hybridized carbons (Fsp3) is 0.231. The summed E-state index contributed by atoms with van der Waals surface area (Å²) in [6.45, 7) is 2.40. The quantitative estimate of drug-likeness (QED) is 0.885. The standard InChI is InChI=1S/C13H15N3OS/c1-9-8-15-13(18-9)16-12(17)6-10-4-2-3-5-11(10)7-14/h2-5,8H,6-7,14H2,1H3,(H,15,16,17). The molecule has 0 bridgehead atoms. The molecule has 4 nitrogen and oxygen atoms in total. The number of nitrogens with one attached hydrogen (secondary N) is 1. The number of amides is 1. The minimum absolute atomic E-state index is 0.0646. The van der Waals surface area contributed by atoms with Gasteiger partial charge in [0.2, 0.25) is 5.91 Å². The Kier molecular flexibility index (Phi) is 4.07. The molecule has 18 heavy (non-hydrogen) atoms. The third-order valence-corrected chi connectivity index (χ3v) is 3.39. The van der Waals surface area contributed by atoms with E-state index >= 15 is 0 Å². The van der Waals surface area contributed by atoms with Crippen molar-refractivity contribution in [2.45, 2.75) is 19.9 Å². The Morgan fingerprint density at radius 1 is 1.39 bits per heavy atom. The van der Waals surface area contributed by atoms with Gasteiger partial charge in [-0.05, 0) is 18.1 Å². The first-order chi connectivity index (χ1) is 8.69. The largest absolute Gasteiger partial charge is 0.326 e. The number of hydrogen-bond acceptors (Lipinski definition) is 4. The van der Waals surface area contributed by atoms with E-state index in [1.54, 1.807) is 6.20 Å². The SMILES string of the molecule is Cc1cnc(NC(=O)Cc2ccccc2CN)s1. The molecule has 94 valence electrons. The van der Waals surface area contributed by atoms with E-state index in [0.29, 0.717) is 18.1 Å². The van der Waals surface area contributed by atoms with Crippen molar-refractivity contribution in [3.8, 4) is 0 Å². The summed E-state index contributed by atoms with van der Waals surface area (Å²) in [5, 5.41) is 3.43. The summed E-state index contributed by atoms with van der Waals surface area (Å²) in [7, 11) is 0. The molecule has 2 aromatic rings. The number of carbonyl (C=O) groups excluding carboxylic acids is 1. The van der Waals surface area contributed by atoms with Gasteiger partial charge in [0.25, 0.3) is 0 Å². The van der Waals surface area contributed by atoms with Crippen molar-refractivity contribution in [2.24, 2.45) is 5.73 Å². The highest BCUT2D eigenvalue weighted by atomic mass is 32.1. The summed E-state index contributed by atoms with van der Waals surface area (Å²) in [5.74, 6) is -0.0646. The molecule has 0 radical (unpaired) electrons. The second-order valence-corrected chi connectivity index (χ2v) is 5.21. The second-order valence-electron chi connectivity index (χ2n) is 3.97. The van der Waals surface area contributed by atoms with Gasteiger partial charge in [-0.1, -0.05) is 24.3 Å². The minimum Gasteiger partial charge on any atom is -0.326 e. The Labute approximate surface area is 110 Å². The van der Waals surface area contributed by atoms with E-state index in [1.165, 1.54) is 11.3 Å². The van der Waals surface area contributed by atoms with Crippen molar-refractivity contribution in [3.05, 3.63) is 46.5 Å². The van der Waals surface area contributed by atoms with E-state index in [1.807, 2.05) is 31.2 Å². The highest BCUT2D eigenvalue weighted by molar-refractivity contribution is 7.15. The molecular weight excluding hydrogens is 246 g/mol. The molecule has 0 aliphatic rings. The summed E-state index contributed by atoms with van der Waals surface area (Å²) < 4.78 is 0. The highest BCUT2D eigenvalue weighted by Crippen LogP contribution is 2.17. The molecule has 1 amide bonds. The normalized spacial score (nSPS) is 10.3. The number of nitrogens with zero attached hydrogens (tertiary/aromatic N) is 1. The van der Waals surface area contributed by atoms with Crippen LogP contribution in [-0.2, 0) is 17.8 Å². The van der Waals surface area contributed by atoms with Crippen molar-refractivity contribution < 1.29 is 4.79 Å². The number of aromatic nitrogens is 1. The maximum atomic E-state index is 11.9. The van der Waals surface area contributed by atoms with Gasteiger partial charge in [0.05, 0.1) is 6.42 Å². The number of carbonyl (C=O) groups is 1. The lowest BCUT2D eigenvalue weighted by Gasteiger charge is -2.06. The molecule has 0 aliphatic heterocycles. The van der Waals surface area contributed by atoms with E-state index in [2.05, 4.69) is 10.3 Å². The summed E-state index contributed by atoms with van der Waals surface area (Å²) in [5.41, 5.74) is 7.61. The number of rotatable bonds is 4. The van der Waals surface area contributed by atoms with Crippen molar-refractivity contribution in [1.82, 2.24) is 4.98 Å². The second kappa shape index (κ2) is 5.75. The third kappa shape index (κ3) is 3.15. The van der Waals surface area contributed by atoms with Gasteiger partial charge in [0.15, 0.2) is 5.13 Å². The fourth-order valence-electron chi connectivity index (χ4n) is 1.68. The number of anilines is 1. The Hall–Kier alpha value is -1.72. The van der Waals surface area contributed by atoms with Gasteiger partial charge < -0.3 is 11.1 Å². The average Bonchev–Trinajstić information content (AvgIpc) is 2.75. The lowest BCUT2D eigenvalue weighted by molar-refractivity contribution is -0.115. The fourth-order valence-corrected chi connectivity index (χ4v) is 2.36. The molecule has 0 fully saturated rings. The first kappa shape index (κ1) is 12.7. The van der Waals surface area contributed by atoms with E-state index in [9.17, 15) is 4.79 Å². The van der Waals surface area contributed by atoms with Crippen LogP contribution in [0.25, 0.3) is 0 Å². The molecule has 0 spiro atoms. The van der Waals surface area contributed by atoms with E-state index in [0.717, 1.165) is 16.0 Å². The molecular formula is C13H15N3OS. The first-order valence-electron chi connectivity index (χ1n) is 5.68. The van der Waals surface area contributed by atoms with Crippen molar-refractivity contribution in [1.29, 1.82) is 0 Å². The molecule has 5 heteroatoms. The molecule has 1 heterocycles. The lowest BCUT2D eigenvalue weighted by Crippen LogP contribution is -2.15. The third-order valence-electron chi connectivity index (χ3n) is 2.56. The van der Waals surface area contributed by atoms with Gasteiger partial charge in [-0.2, -0.15) is 0 Å². The van der Waals surface area contributed by atoms with Crippen molar-refractivity contribution >= 4 is 22.4 Å². The van der Waals surface area contributed by atoms with Crippen LogP contribution in [0.1, 0.15) is 16.0 Å². The predicted molar refractivity (Wildman–Crippen MR) is 73.5 cm³/mol. The van der Waals surface area contributed by atoms with Gasteiger partial charge >= 0.3 is 0 Å². The van der Waals surface area contributed by atoms with Gasteiger partial charge in [-0.3, -0.25) is 4.79 Å². The summed E-state index contributed by atoms with van der Waals surface area (Å²) in [6, 6.07) is 7.70. The van der Waals surface area contributed by atoms with Crippen LogP contribution in [-0.4, -0.2) is 10.9 Å². The number of thiazole rings is 1. The number of aryl methyl sites for hydroxylation is 1. The molecule has 1 aromatic carbocycles. The van der Waals surface area contributed by atoms with Crippen LogP contribution in [0.15, 0.2) is 30.5 Å². The molecule has 0 saturated heterocycles. The summed E-state index contributed by atoms with van der Waals surface area (Å²) in [4.78, 5) is 17.1. The van der Waals surface area contributed by atoms with Crippen LogP contribution >= 0.6 is 11.3 Å². The lowest BCUT2D eigenvalue weighted by atomic mass is 10.0. The molecule has 0 saturated carbocycles. The zero-order valence-corrected chi connectivity index (χ0v) is 11.0. The highest BCUT2D eigenvalue weighted by Gasteiger charge is 2.08. The van der Waals surface area contributed by atoms with E-state index in [-0.39, 0.29) is 5.91 Å². The first-order valence-corrected chi connectivity index (χ1v) is 6.50. The molecule has 0 atom stereocenters. The van der Waals surface area contributed by atoms with Crippen LogP contribution in [0.3, 0.4) is 0 Å². The zero-order valence-electron chi connectivity index (χ0n) is 10.1. The molecule has 0 aliphatic carbocycles. The molecule has 1 aromatic heterocycles. The van der Waals surface area contributed by atoms with Crippen LogP contribution < -0.4 is 11.1 Å². The van der Waals surface area contributed by atoms with Crippen molar-refractivity contribution in [3.63, 3.8) is 0 Å². The predicted octanol–water partition coefficient (Wildman–Crippen LogP) is 2.09. The Morgan fingerprint density at radius 3 is 2.72 bits per heavy atom. The van der Waals surface area contributed by atoms with E-state index in [4.69, 9.17) is 5.73 Å². The van der Waals surface area contributed by atoms with Gasteiger partial charge in [0, 0.05) is 17.6 Å². The van der Waals surface area contributed by atoms with Gasteiger partial charge in [-0.15, -0.1) is 11.3 Å². The summed E-state index contributed by atoms with van der Waals surface area (Å²) >= 11 is 1.47. The minimum atomic E-state index is -0.0646. The number of benzene rings is 1. The Morgan fingerprint density at radius 2 is 2.11 bits per heavy atom. The zero-order chi connectivity index (χ0) is 13.0. The van der Waals surface area contributed by atoms with Crippen LogP contribution in [0, 0.1) is 6.92 Å². The maximum absolute atomic E-state index is 11.9. The Balaban J connectivity index is 2.03. The van der Waals surface area contributed by atoms with Crippen LogP contribution in [0.2, 0.25) is 0 Å². The Bertz CT molecular complexity index is 551. The number of hydrogen-bond donors (Lipinski definition) is 2. The van der Waals surface area contributed by atoms with Crippen molar-refractivity contribution in [2.75, 3.05) is 5.32 Å². The summed E-state index contributed by atoms with van der Waals surface area (Å²) in [6.07, 6.45) is 2.07. The van der Waals surface area contributed by atoms with Crippen LogP contribution in [0.5, 0.6) is 0 Å². The molecule has 0 unspecified atom stereocenters. The van der Waals surface area contributed by atoms with E-state index < -0.39 is 0 Å². The molecule has 2 rings (SSSR count). The number of nitrogens with two attached hydrogens (primary N) is 1. The smallest absolute Gasteiger partial charge is 0.230 e.